The van der Waals surface area contributed by atoms with Crippen LogP contribution < -0.4 is 5.73 Å². The van der Waals surface area contributed by atoms with E-state index >= 15 is 0 Å². The molecule has 16 heavy (non-hydrogen) atoms. The molecule has 1 aliphatic rings. The maximum absolute atomic E-state index is 12.3. The Morgan fingerprint density at radius 1 is 1.50 bits per heavy atom. The third kappa shape index (κ3) is 2.97. The molecule has 1 saturated carbocycles. The van der Waals surface area contributed by atoms with Crippen LogP contribution in [0.25, 0.3) is 0 Å². The van der Waals surface area contributed by atoms with Crippen LogP contribution in [0.4, 0.5) is 0 Å². The quantitative estimate of drug-likeness (QED) is 0.753. The Hall–Kier alpha value is -0.570. The third-order valence-corrected chi connectivity index (χ3v) is 3.78. The van der Waals surface area contributed by atoms with Crippen LogP contribution >= 0.6 is 0 Å². The number of rotatable bonds is 6. The van der Waals surface area contributed by atoms with Crippen LogP contribution in [0.3, 0.4) is 0 Å². The minimum absolute atomic E-state index is 0.137. The largest absolute Gasteiger partial charge is 0.341 e. The highest BCUT2D eigenvalue weighted by Gasteiger charge is 2.45. The highest BCUT2D eigenvalue weighted by atomic mass is 16.2. The molecular formula is C13H26N2O. The number of hydrogen-bond donors (Lipinski definition) is 1. The summed E-state index contributed by atoms with van der Waals surface area (Å²) in [6.07, 6.45) is 3.33. The lowest BCUT2D eigenvalue weighted by Gasteiger charge is -2.32. The Labute approximate surface area is 99.4 Å². The maximum atomic E-state index is 12.3. The molecule has 1 fully saturated rings. The van der Waals surface area contributed by atoms with Gasteiger partial charge in [-0.05, 0) is 38.5 Å². The Morgan fingerprint density at radius 3 is 2.44 bits per heavy atom. The second-order valence-corrected chi connectivity index (χ2v) is 5.41. The predicted molar refractivity (Wildman–Crippen MR) is 67.0 cm³/mol. The van der Waals surface area contributed by atoms with Crippen molar-refractivity contribution in [2.45, 2.75) is 52.5 Å². The number of nitrogens with zero attached hydrogens (tertiary/aromatic N) is 1. The van der Waals surface area contributed by atoms with Crippen LogP contribution in [0.2, 0.25) is 0 Å². The van der Waals surface area contributed by atoms with Gasteiger partial charge in [0.05, 0.1) is 5.54 Å². The van der Waals surface area contributed by atoms with Crippen LogP contribution in [0.1, 0.15) is 47.0 Å². The van der Waals surface area contributed by atoms with E-state index < -0.39 is 5.54 Å². The van der Waals surface area contributed by atoms with Crippen molar-refractivity contribution >= 4 is 5.91 Å². The number of hydrogen-bond acceptors (Lipinski definition) is 2. The van der Waals surface area contributed by atoms with Gasteiger partial charge in [0, 0.05) is 13.1 Å². The van der Waals surface area contributed by atoms with E-state index in [2.05, 4.69) is 13.8 Å². The second kappa shape index (κ2) is 5.17. The molecule has 0 aromatic heterocycles. The first kappa shape index (κ1) is 13.5. The number of nitrogens with two attached hydrogens (primary N) is 1. The van der Waals surface area contributed by atoms with E-state index in [-0.39, 0.29) is 5.91 Å². The fourth-order valence-electron chi connectivity index (χ4n) is 2.06. The van der Waals surface area contributed by atoms with E-state index in [1.165, 1.54) is 0 Å². The fraction of sp³-hybridized carbons (Fsp3) is 0.923. The van der Waals surface area contributed by atoms with Gasteiger partial charge in [0.1, 0.15) is 0 Å². The van der Waals surface area contributed by atoms with Crippen LogP contribution in [-0.4, -0.2) is 29.4 Å². The molecular weight excluding hydrogens is 200 g/mol. The maximum Gasteiger partial charge on any atom is 0.242 e. The highest BCUT2D eigenvalue weighted by molar-refractivity contribution is 5.86. The van der Waals surface area contributed by atoms with E-state index in [9.17, 15) is 4.79 Å². The highest BCUT2D eigenvalue weighted by Crippen LogP contribution is 2.39. The molecule has 1 amide bonds. The lowest BCUT2D eigenvalue weighted by molar-refractivity contribution is -0.137. The smallest absolute Gasteiger partial charge is 0.242 e. The second-order valence-electron chi connectivity index (χ2n) is 5.41. The molecule has 0 aliphatic heterocycles. The van der Waals surface area contributed by atoms with Crippen LogP contribution in [-0.2, 0) is 4.79 Å². The first-order valence-electron chi connectivity index (χ1n) is 6.51. The SMILES string of the molecule is CCC(C)CN(CC)C(=O)C(C)(N)C1CC1. The summed E-state index contributed by atoms with van der Waals surface area (Å²) >= 11 is 0. The van der Waals surface area contributed by atoms with Gasteiger partial charge < -0.3 is 10.6 Å². The van der Waals surface area contributed by atoms with Gasteiger partial charge in [0.25, 0.3) is 0 Å². The van der Waals surface area contributed by atoms with E-state index in [4.69, 9.17) is 5.73 Å². The molecule has 1 rings (SSSR count). The van der Waals surface area contributed by atoms with Crippen molar-refractivity contribution in [1.82, 2.24) is 4.90 Å². The zero-order chi connectivity index (χ0) is 12.3. The summed E-state index contributed by atoms with van der Waals surface area (Å²) in [5, 5.41) is 0. The van der Waals surface area contributed by atoms with E-state index in [0.717, 1.165) is 32.4 Å². The Kier molecular flexibility index (Phi) is 4.36. The van der Waals surface area contributed by atoms with Gasteiger partial charge >= 0.3 is 0 Å². The van der Waals surface area contributed by atoms with Crippen molar-refractivity contribution in [3.63, 3.8) is 0 Å². The van der Waals surface area contributed by atoms with Gasteiger partial charge in [-0.3, -0.25) is 4.79 Å². The molecule has 1 aliphatic carbocycles. The first-order valence-corrected chi connectivity index (χ1v) is 6.51. The van der Waals surface area contributed by atoms with E-state index in [0.29, 0.717) is 11.8 Å². The lowest BCUT2D eigenvalue weighted by atomic mass is 9.94. The van der Waals surface area contributed by atoms with E-state index in [1.54, 1.807) is 0 Å². The normalized spacial score (nSPS) is 21.3. The minimum Gasteiger partial charge on any atom is -0.341 e. The standard InChI is InChI=1S/C13H26N2O/c1-5-10(3)9-15(6-2)12(16)13(4,14)11-7-8-11/h10-11H,5-9,14H2,1-4H3. The molecule has 0 saturated heterocycles. The van der Waals surface area contributed by atoms with Crippen molar-refractivity contribution in [1.29, 1.82) is 0 Å². The average molecular weight is 226 g/mol. The summed E-state index contributed by atoms with van der Waals surface area (Å²) in [6, 6.07) is 0. The van der Waals surface area contributed by atoms with Crippen molar-refractivity contribution < 1.29 is 4.79 Å². The summed E-state index contributed by atoms with van der Waals surface area (Å²) in [6.45, 7) is 9.87. The molecule has 0 spiro atoms. The molecule has 2 unspecified atom stereocenters. The predicted octanol–water partition coefficient (Wildman–Crippen LogP) is 2.01. The molecule has 0 aromatic carbocycles. The van der Waals surface area contributed by atoms with Gasteiger partial charge in [-0.15, -0.1) is 0 Å². The van der Waals surface area contributed by atoms with Crippen molar-refractivity contribution in [3.05, 3.63) is 0 Å². The third-order valence-electron chi connectivity index (χ3n) is 3.78. The number of likely N-dealkylation sites (N-methyl/N-ethyl adjacent to an activating group) is 1. The number of amides is 1. The lowest BCUT2D eigenvalue weighted by Crippen LogP contribution is -2.55. The van der Waals surface area contributed by atoms with Crippen LogP contribution in [0.5, 0.6) is 0 Å². The zero-order valence-corrected chi connectivity index (χ0v) is 11.1. The molecule has 3 nitrogen and oxygen atoms in total. The van der Waals surface area contributed by atoms with Gasteiger partial charge in [-0.1, -0.05) is 20.3 Å². The van der Waals surface area contributed by atoms with Gasteiger partial charge in [-0.2, -0.15) is 0 Å². The van der Waals surface area contributed by atoms with E-state index in [1.807, 2.05) is 18.7 Å². The average Bonchev–Trinajstić information content (AvgIpc) is 3.08. The molecule has 0 bridgehead atoms. The minimum atomic E-state index is -0.635. The summed E-state index contributed by atoms with van der Waals surface area (Å²) in [7, 11) is 0. The number of carbonyl (C=O) groups excluding carboxylic acids is 1. The first-order chi connectivity index (χ1) is 7.43. The van der Waals surface area contributed by atoms with Gasteiger partial charge in [0.15, 0.2) is 0 Å². The Morgan fingerprint density at radius 2 is 2.06 bits per heavy atom. The molecule has 2 N–H and O–H groups in total. The summed E-state index contributed by atoms with van der Waals surface area (Å²) in [5.74, 6) is 1.10. The fourth-order valence-corrected chi connectivity index (χ4v) is 2.06. The monoisotopic (exact) mass is 226 g/mol. The molecule has 94 valence electrons. The topological polar surface area (TPSA) is 46.3 Å². The molecule has 2 atom stereocenters. The van der Waals surface area contributed by atoms with Gasteiger partial charge in [-0.25, -0.2) is 0 Å². The Bertz CT molecular complexity index is 246. The zero-order valence-electron chi connectivity index (χ0n) is 11.1. The summed E-state index contributed by atoms with van der Waals surface area (Å²) in [5.41, 5.74) is 5.53. The Balaban J connectivity index is 2.61. The number of carbonyl (C=O) groups is 1. The van der Waals surface area contributed by atoms with Crippen molar-refractivity contribution in [2.75, 3.05) is 13.1 Å². The van der Waals surface area contributed by atoms with Crippen LogP contribution in [0, 0.1) is 11.8 Å². The van der Waals surface area contributed by atoms with Crippen molar-refractivity contribution in [2.24, 2.45) is 17.6 Å². The van der Waals surface area contributed by atoms with Crippen molar-refractivity contribution in [3.8, 4) is 0 Å². The summed E-state index contributed by atoms with van der Waals surface area (Å²) in [4.78, 5) is 14.3. The molecule has 0 aromatic rings. The molecule has 0 radical (unpaired) electrons. The summed E-state index contributed by atoms with van der Waals surface area (Å²) < 4.78 is 0. The van der Waals surface area contributed by atoms with Gasteiger partial charge in [0.2, 0.25) is 5.91 Å². The molecule has 0 heterocycles. The van der Waals surface area contributed by atoms with Crippen LogP contribution in [0.15, 0.2) is 0 Å². The molecule has 3 heteroatoms.